The highest BCUT2D eigenvalue weighted by molar-refractivity contribution is 5.10. The van der Waals surface area contributed by atoms with Gasteiger partial charge in [-0.2, -0.15) is 0 Å². The number of hydrogen-bond acceptors (Lipinski definition) is 1. The Morgan fingerprint density at radius 3 is 2.27 bits per heavy atom. The standard InChI is InChI=1S/C29H52O/c1-20(9-8-15-26(2,3)4)23-12-13-24-22-11-10-21-19-27(5,30)17-18-28(21,6)25(22)14-16-29(23,24)7/h20-25,30H,8-19H2,1-7H3/t20-,21+,22+,23-,24+,25+,27+,28+,29-/m1/s1. The highest BCUT2D eigenvalue weighted by atomic mass is 16.3. The van der Waals surface area contributed by atoms with Crippen LogP contribution in [-0.2, 0) is 0 Å². The van der Waals surface area contributed by atoms with Gasteiger partial charge in [-0.1, -0.05) is 54.4 Å². The monoisotopic (exact) mass is 416 g/mol. The van der Waals surface area contributed by atoms with Crippen molar-refractivity contribution in [2.75, 3.05) is 0 Å². The summed E-state index contributed by atoms with van der Waals surface area (Å²) in [5.74, 6) is 5.50. The highest BCUT2D eigenvalue weighted by Crippen LogP contribution is 2.68. The predicted octanol–water partition coefficient (Wildman–Crippen LogP) is 8.25. The Hall–Kier alpha value is -0.0400. The van der Waals surface area contributed by atoms with E-state index in [1.54, 1.807) is 0 Å². The zero-order valence-electron chi connectivity index (χ0n) is 21.4. The third-order valence-electron chi connectivity index (χ3n) is 11.3. The summed E-state index contributed by atoms with van der Waals surface area (Å²) in [6.45, 7) is 17.2. The lowest BCUT2D eigenvalue weighted by molar-refractivity contribution is -0.148. The van der Waals surface area contributed by atoms with Gasteiger partial charge in [0.1, 0.15) is 0 Å². The lowest BCUT2D eigenvalue weighted by Crippen LogP contribution is -2.55. The summed E-state index contributed by atoms with van der Waals surface area (Å²) in [4.78, 5) is 0. The van der Waals surface area contributed by atoms with Crippen LogP contribution < -0.4 is 0 Å². The minimum Gasteiger partial charge on any atom is -0.390 e. The van der Waals surface area contributed by atoms with Crippen molar-refractivity contribution in [3.63, 3.8) is 0 Å². The molecule has 0 heterocycles. The summed E-state index contributed by atoms with van der Waals surface area (Å²) in [5, 5.41) is 10.7. The molecule has 0 saturated heterocycles. The molecule has 1 N–H and O–H groups in total. The zero-order valence-corrected chi connectivity index (χ0v) is 21.4. The Morgan fingerprint density at radius 2 is 1.57 bits per heavy atom. The molecule has 4 saturated carbocycles. The van der Waals surface area contributed by atoms with Gasteiger partial charge >= 0.3 is 0 Å². The Balaban J connectivity index is 1.45. The van der Waals surface area contributed by atoms with E-state index in [4.69, 9.17) is 0 Å². The molecule has 0 unspecified atom stereocenters. The van der Waals surface area contributed by atoms with Crippen molar-refractivity contribution < 1.29 is 5.11 Å². The summed E-state index contributed by atoms with van der Waals surface area (Å²) in [7, 11) is 0. The summed E-state index contributed by atoms with van der Waals surface area (Å²) in [5.41, 5.74) is 1.19. The van der Waals surface area contributed by atoms with Crippen LogP contribution in [0.25, 0.3) is 0 Å². The molecule has 4 aliphatic rings. The van der Waals surface area contributed by atoms with Crippen LogP contribution in [0.5, 0.6) is 0 Å². The fourth-order valence-electron chi connectivity index (χ4n) is 9.56. The van der Waals surface area contributed by atoms with Crippen LogP contribution in [0.2, 0.25) is 0 Å². The van der Waals surface area contributed by atoms with E-state index in [2.05, 4.69) is 48.5 Å². The van der Waals surface area contributed by atoms with E-state index in [9.17, 15) is 5.11 Å². The first kappa shape index (κ1) is 23.1. The molecular weight excluding hydrogens is 364 g/mol. The molecule has 1 heteroatoms. The maximum absolute atomic E-state index is 10.7. The fraction of sp³-hybridized carbons (Fsp3) is 1.00. The molecule has 30 heavy (non-hydrogen) atoms. The molecule has 4 rings (SSSR count). The van der Waals surface area contributed by atoms with Gasteiger partial charge in [-0.3, -0.25) is 0 Å². The minimum absolute atomic E-state index is 0.402. The smallest absolute Gasteiger partial charge is 0.0622 e. The maximum atomic E-state index is 10.7. The zero-order chi connectivity index (χ0) is 21.9. The van der Waals surface area contributed by atoms with Gasteiger partial charge in [0.15, 0.2) is 0 Å². The molecule has 0 aromatic carbocycles. The van der Waals surface area contributed by atoms with Crippen LogP contribution in [0.1, 0.15) is 126 Å². The van der Waals surface area contributed by atoms with Gasteiger partial charge in [0.05, 0.1) is 5.60 Å². The van der Waals surface area contributed by atoms with E-state index in [0.717, 1.165) is 48.3 Å². The van der Waals surface area contributed by atoms with Crippen molar-refractivity contribution in [1.29, 1.82) is 0 Å². The number of rotatable bonds is 4. The molecule has 0 aromatic rings. The van der Waals surface area contributed by atoms with Crippen molar-refractivity contribution in [2.45, 2.75) is 131 Å². The number of fused-ring (bicyclic) bond motifs is 5. The first-order chi connectivity index (χ1) is 13.9. The topological polar surface area (TPSA) is 20.2 Å². The van der Waals surface area contributed by atoms with Gasteiger partial charge in [-0.05, 0) is 123 Å². The Morgan fingerprint density at radius 1 is 0.867 bits per heavy atom. The van der Waals surface area contributed by atoms with Crippen molar-refractivity contribution in [2.24, 2.45) is 51.8 Å². The average Bonchev–Trinajstić information content (AvgIpc) is 2.98. The highest BCUT2D eigenvalue weighted by Gasteiger charge is 2.61. The van der Waals surface area contributed by atoms with Crippen LogP contribution in [0.4, 0.5) is 0 Å². The lowest BCUT2D eigenvalue weighted by Gasteiger charge is -2.62. The molecule has 9 atom stereocenters. The van der Waals surface area contributed by atoms with E-state index in [-0.39, 0.29) is 0 Å². The molecule has 0 amide bonds. The predicted molar refractivity (Wildman–Crippen MR) is 128 cm³/mol. The van der Waals surface area contributed by atoms with E-state index in [1.165, 1.54) is 64.2 Å². The van der Waals surface area contributed by atoms with E-state index < -0.39 is 5.60 Å². The SMILES string of the molecule is C[C@H](CCCC(C)(C)C)[C@H]1CC[C@H]2[C@@H]3CC[C@H]4C[C@@](C)(O)CC[C@]4(C)[C@H]3CC[C@]12C. The van der Waals surface area contributed by atoms with Crippen LogP contribution in [0.3, 0.4) is 0 Å². The van der Waals surface area contributed by atoms with Crippen LogP contribution in [0, 0.1) is 51.8 Å². The Bertz CT molecular complexity index is 614. The molecule has 0 aliphatic heterocycles. The first-order valence-electron chi connectivity index (χ1n) is 13.6. The van der Waals surface area contributed by atoms with Gasteiger partial charge in [-0.25, -0.2) is 0 Å². The van der Waals surface area contributed by atoms with Crippen LogP contribution >= 0.6 is 0 Å². The van der Waals surface area contributed by atoms with Gasteiger partial charge in [0.25, 0.3) is 0 Å². The minimum atomic E-state index is -0.402. The van der Waals surface area contributed by atoms with Gasteiger partial charge in [0, 0.05) is 0 Å². The van der Waals surface area contributed by atoms with Crippen molar-refractivity contribution >= 4 is 0 Å². The second-order valence-electron chi connectivity index (χ2n) is 14.5. The molecule has 4 fully saturated rings. The van der Waals surface area contributed by atoms with Crippen molar-refractivity contribution in [3.8, 4) is 0 Å². The van der Waals surface area contributed by atoms with Gasteiger partial charge < -0.3 is 5.11 Å². The second kappa shape index (κ2) is 7.78. The molecule has 174 valence electrons. The van der Waals surface area contributed by atoms with Gasteiger partial charge in [-0.15, -0.1) is 0 Å². The van der Waals surface area contributed by atoms with Crippen molar-refractivity contribution in [1.82, 2.24) is 0 Å². The molecular formula is C29H52O. The van der Waals surface area contributed by atoms with Gasteiger partial charge in [0.2, 0.25) is 0 Å². The van der Waals surface area contributed by atoms with Crippen LogP contribution in [0.15, 0.2) is 0 Å². The molecule has 1 nitrogen and oxygen atoms in total. The lowest BCUT2D eigenvalue weighted by atomic mass is 9.43. The summed E-state index contributed by atoms with van der Waals surface area (Å²) < 4.78 is 0. The van der Waals surface area contributed by atoms with Crippen LogP contribution in [-0.4, -0.2) is 10.7 Å². The maximum Gasteiger partial charge on any atom is 0.0622 e. The Kier molecular flexibility index (Phi) is 5.99. The number of aliphatic hydroxyl groups is 1. The van der Waals surface area contributed by atoms with E-state index in [1.807, 2.05) is 0 Å². The van der Waals surface area contributed by atoms with Crippen molar-refractivity contribution in [3.05, 3.63) is 0 Å². The summed E-state index contributed by atoms with van der Waals surface area (Å²) >= 11 is 0. The van der Waals surface area contributed by atoms with E-state index >= 15 is 0 Å². The molecule has 0 radical (unpaired) electrons. The average molecular weight is 417 g/mol. The second-order valence-corrected chi connectivity index (χ2v) is 14.5. The quantitative estimate of drug-likeness (QED) is 0.489. The molecule has 0 bridgehead atoms. The Labute approximate surface area is 188 Å². The summed E-state index contributed by atoms with van der Waals surface area (Å²) in [6.07, 6.45) is 16.4. The summed E-state index contributed by atoms with van der Waals surface area (Å²) in [6, 6.07) is 0. The number of hydrogen-bond donors (Lipinski definition) is 1. The third-order valence-corrected chi connectivity index (χ3v) is 11.3. The van der Waals surface area contributed by atoms with E-state index in [0.29, 0.717) is 16.2 Å². The largest absolute Gasteiger partial charge is 0.390 e. The normalized spacial score (nSPS) is 49.8. The fourth-order valence-corrected chi connectivity index (χ4v) is 9.56. The third kappa shape index (κ3) is 4.04. The molecule has 0 spiro atoms. The molecule has 4 aliphatic carbocycles. The first-order valence-corrected chi connectivity index (χ1v) is 13.6. The molecule has 0 aromatic heterocycles.